The third-order valence-electron chi connectivity index (χ3n) is 3.27. The van der Waals surface area contributed by atoms with E-state index in [0.29, 0.717) is 19.0 Å². The SMILES string of the molecule is CC(C)C(C)(C)CNC(=O)NCc1ccn[nH]1. The summed E-state index contributed by atoms with van der Waals surface area (Å²) >= 11 is 0. The summed E-state index contributed by atoms with van der Waals surface area (Å²) in [5.74, 6) is 0.524. The molecule has 0 aliphatic heterocycles. The van der Waals surface area contributed by atoms with Crippen molar-refractivity contribution in [1.29, 1.82) is 0 Å². The standard InChI is InChI=1S/C12H22N4O/c1-9(2)12(3,4)8-14-11(17)13-7-10-5-6-15-16-10/h5-6,9H,7-8H2,1-4H3,(H,15,16)(H2,13,14,17). The molecule has 0 aliphatic rings. The summed E-state index contributed by atoms with van der Waals surface area (Å²) in [5.41, 5.74) is 0.994. The van der Waals surface area contributed by atoms with Gasteiger partial charge in [0.05, 0.1) is 12.2 Å². The molecule has 1 aromatic rings. The molecule has 1 heterocycles. The fourth-order valence-corrected chi connectivity index (χ4v) is 1.13. The maximum Gasteiger partial charge on any atom is 0.315 e. The van der Waals surface area contributed by atoms with E-state index in [1.165, 1.54) is 0 Å². The minimum absolute atomic E-state index is 0.103. The third kappa shape index (κ3) is 4.46. The number of carbonyl (C=O) groups is 1. The molecule has 0 saturated heterocycles. The van der Waals surface area contributed by atoms with Gasteiger partial charge in [-0.3, -0.25) is 5.10 Å². The monoisotopic (exact) mass is 238 g/mol. The van der Waals surface area contributed by atoms with Crippen molar-refractivity contribution in [1.82, 2.24) is 20.8 Å². The summed E-state index contributed by atoms with van der Waals surface area (Å²) in [7, 11) is 0. The van der Waals surface area contributed by atoms with E-state index in [0.717, 1.165) is 5.69 Å². The van der Waals surface area contributed by atoms with Gasteiger partial charge in [0, 0.05) is 12.7 Å². The molecule has 0 saturated carbocycles. The first kappa shape index (κ1) is 13.5. The Morgan fingerprint density at radius 3 is 2.71 bits per heavy atom. The van der Waals surface area contributed by atoms with Gasteiger partial charge < -0.3 is 10.6 Å². The fraction of sp³-hybridized carbons (Fsp3) is 0.667. The highest BCUT2D eigenvalue weighted by atomic mass is 16.2. The van der Waals surface area contributed by atoms with Crippen LogP contribution in [0.2, 0.25) is 0 Å². The number of aromatic amines is 1. The first-order valence-electron chi connectivity index (χ1n) is 5.92. The van der Waals surface area contributed by atoms with Crippen molar-refractivity contribution >= 4 is 6.03 Å². The van der Waals surface area contributed by atoms with Crippen LogP contribution in [0.1, 0.15) is 33.4 Å². The molecule has 1 aromatic heterocycles. The third-order valence-corrected chi connectivity index (χ3v) is 3.27. The van der Waals surface area contributed by atoms with Crippen LogP contribution in [0.3, 0.4) is 0 Å². The maximum atomic E-state index is 11.6. The number of nitrogens with one attached hydrogen (secondary N) is 3. The number of rotatable bonds is 5. The van der Waals surface area contributed by atoms with Crippen molar-refractivity contribution in [3.63, 3.8) is 0 Å². The van der Waals surface area contributed by atoms with Gasteiger partial charge in [-0.15, -0.1) is 0 Å². The lowest BCUT2D eigenvalue weighted by Crippen LogP contribution is -2.42. The van der Waals surface area contributed by atoms with Gasteiger partial charge in [-0.1, -0.05) is 27.7 Å². The normalized spacial score (nSPS) is 11.6. The summed E-state index contributed by atoms with van der Waals surface area (Å²) in [6, 6.07) is 1.69. The van der Waals surface area contributed by atoms with Crippen LogP contribution < -0.4 is 10.6 Å². The number of amides is 2. The lowest BCUT2D eigenvalue weighted by Gasteiger charge is -2.29. The average molecular weight is 238 g/mol. The summed E-state index contributed by atoms with van der Waals surface area (Å²) in [4.78, 5) is 11.6. The van der Waals surface area contributed by atoms with Crippen LogP contribution in [-0.4, -0.2) is 22.8 Å². The van der Waals surface area contributed by atoms with E-state index in [-0.39, 0.29) is 11.4 Å². The molecule has 5 nitrogen and oxygen atoms in total. The molecule has 0 bridgehead atoms. The Morgan fingerprint density at radius 1 is 1.47 bits per heavy atom. The Morgan fingerprint density at radius 2 is 2.18 bits per heavy atom. The Bertz CT molecular complexity index is 343. The largest absolute Gasteiger partial charge is 0.338 e. The number of hydrogen-bond acceptors (Lipinski definition) is 2. The number of hydrogen-bond donors (Lipinski definition) is 3. The van der Waals surface area contributed by atoms with Gasteiger partial charge in [0.25, 0.3) is 0 Å². The topological polar surface area (TPSA) is 69.8 Å². The van der Waals surface area contributed by atoms with Gasteiger partial charge in [-0.25, -0.2) is 4.79 Å². The molecule has 0 atom stereocenters. The number of nitrogens with zero attached hydrogens (tertiary/aromatic N) is 1. The van der Waals surface area contributed by atoms with E-state index in [9.17, 15) is 4.79 Å². The Hall–Kier alpha value is -1.52. The summed E-state index contributed by atoms with van der Waals surface area (Å²) in [6.07, 6.45) is 1.66. The van der Waals surface area contributed by atoms with Crippen molar-refractivity contribution < 1.29 is 4.79 Å². The van der Waals surface area contributed by atoms with Crippen LogP contribution in [0.25, 0.3) is 0 Å². The molecule has 2 amide bonds. The van der Waals surface area contributed by atoms with Gasteiger partial charge in [0.1, 0.15) is 0 Å². The predicted molar refractivity (Wildman–Crippen MR) is 67.4 cm³/mol. The Labute approximate surface area is 102 Å². The number of urea groups is 1. The second-order valence-corrected chi connectivity index (χ2v) is 5.26. The summed E-state index contributed by atoms with van der Waals surface area (Å²) in [6.45, 7) is 9.74. The van der Waals surface area contributed by atoms with Crippen LogP contribution in [0.5, 0.6) is 0 Å². The molecule has 96 valence electrons. The van der Waals surface area contributed by atoms with E-state index in [4.69, 9.17) is 0 Å². The lowest BCUT2D eigenvalue weighted by atomic mass is 9.81. The molecule has 1 rings (SSSR count). The van der Waals surface area contributed by atoms with Gasteiger partial charge in [-0.05, 0) is 17.4 Å². The van der Waals surface area contributed by atoms with Crippen LogP contribution in [-0.2, 0) is 6.54 Å². The van der Waals surface area contributed by atoms with Crippen molar-refractivity contribution in [3.05, 3.63) is 18.0 Å². The Kier molecular flexibility index (Phi) is 4.54. The highest BCUT2D eigenvalue weighted by Crippen LogP contribution is 2.24. The van der Waals surface area contributed by atoms with Crippen molar-refractivity contribution in [2.75, 3.05) is 6.54 Å². The molecule has 0 unspecified atom stereocenters. The van der Waals surface area contributed by atoms with Crippen molar-refractivity contribution in [2.24, 2.45) is 11.3 Å². The maximum absolute atomic E-state index is 11.6. The molecule has 0 spiro atoms. The number of carbonyl (C=O) groups excluding carboxylic acids is 1. The second-order valence-electron chi connectivity index (χ2n) is 5.26. The van der Waals surface area contributed by atoms with Crippen LogP contribution in [0, 0.1) is 11.3 Å². The minimum atomic E-state index is -0.145. The zero-order chi connectivity index (χ0) is 12.9. The van der Waals surface area contributed by atoms with Crippen LogP contribution in [0.4, 0.5) is 4.79 Å². The molecule has 0 radical (unpaired) electrons. The highest BCUT2D eigenvalue weighted by Gasteiger charge is 2.22. The van der Waals surface area contributed by atoms with Gasteiger partial charge in [-0.2, -0.15) is 5.10 Å². The zero-order valence-electron chi connectivity index (χ0n) is 11.0. The van der Waals surface area contributed by atoms with E-state index >= 15 is 0 Å². The minimum Gasteiger partial charge on any atom is -0.338 e. The second kappa shape index (κ2) is 5.70. The zero-order valence-corrected chi connectivity index (χ0v) is 11.0. The molecule has 17 heavy (non-hydrogen) atoms. The first-order valence-corrected chi connectivity index (χ1v) is 5.92. The van der Waals surface area contributed by atoms with E-state index < -0.39 is 0 Å². The predicted octanol–water partition coefficient (Wildman–Crippen LogP) is 1.89. The van der Waals surface area contributed by atoms with Crippen molar-refractivity contribution in [3.8, 4) is 0 Å². The summed E-state index contributed by atoms with van der Waals surface area (Å²) in [5, 5.41) is 12.3. The molecule has 0 aliphatic carbocycles. The molecule has 0 fully saturated rings. The fourth-order valence-electron chi connectivity index (χ4n) is 1.13. The van der Waals surface area contributed by atoms with Crippen LogP contribution >= 0.6 is 0 Å². The quantitative estimate of drug-likeness (QED) is 0.733. The molecule has 5 heteroatoms. The van der Waals surface area contributed by atoms with Gasteiger partial charge >= 0.3 is 6.03 Å². The molecular weight excluding hydrogens is 216 g/mol. The lowest BCUT2D eigenvalue weighted by molar-refractivity contribution is 0.215. The summed E-state index contributed by atoms with van der Waals surface area (Å²) < 4.78 is 0. The van der Waals surface area contributed by atoms with Crippen LogP contribution in [0.15, 0.2) is 12.3 Å². The van der Waals surface area contributed by atoms with Gasteiger partial charge in [0.2, 0.25) is 0 Å². The smallest absolute Gasteiger partial charge is 0.315 e. The molecule has 3 N–H and O–H groups in total. The Balaban J connectivity index is 2.26. The number of aromatic nitrogens is 2. The van der Waals surface area contributed by atoms with Gasteiger partial charge in [0.15, 0.2) is 0 Å². The van der Waals surface area contributed by atoms with E-state index in [1.54, 1.807) is 6.20 Å². The first-order chi connectivity index (χ1) is 7.92. The highest BCUT2D eigenvalue weighted by molar-refractivity contribution is 5.73. The molecule has 0 aromatic carbocycles. The number of H-pyrrole nitrogens is 1. The van der Waals surface area contributed by atoms with E-state index in [2.05, 4.69) is 48.5 Å². The average Bonchev–Trinajstić information content (AvgIpc) is 2.76. The van der Waals surface area contributed by atoms with E-state index in [1.807, 2.05) is 6.07 Å². The van der Waals surface area contributed by atoms with Crippen molar-refractivity contribution in [2.45, 2.75) is 34.2 Å². The molecular formula is C12H22N4O.